The number of likely N-dealkylation sites (tertiary alicyclic amines) is 1. The predicted octanol–water partition coefficient (Wildman–Crippen LogP) is 4.92. The van der Waals surface area contributed by atoms with E-state index in [-0.39, 0.29) is 5.56 Å². The summed E-state index contributed by atoms with van der Waals surface area (Å²) in [5, 5.41) is 13.6. The Labute approximate surface area is 226 Å². The summed E-state index contributed by atoms with van der Waals surface area (Å²) in [6.45, 7) is 4.72. The molecule has 1 fully saturated rings. The van der Waals surface area contributed by atoms with E-state index in [2.05, 4.69) is 38.2 Å². The molecule has 1 aliphatic heterocycles. The number of benzene rings is 2. The highest BCUT2D eigenvalue weighted by Gasteiger charge is 2.11. The molecule has 0 amide bonds. The van der Waals surface area contributed by atoms with Crippen molar-refractivity contribution >= 4 is 22.7 Å². The van der Waals surface area contributed by atoms with Crippen LogP contribution in [0.1, 0.15) is 28.8 Å². The molecule has 3 aromatic heterocycles. The van der Waals surface area contributed by atoms with E-state index < -0.39 is 5.97 Å². The lowest BCUT2D eigenvalue weighted by Gasteiger charge is -2.15. The van der Waals surface area contributed by atoms with E-state index in [0.29, 0.717) is 6.54 Å². The molecule has 4 N–H and O–H groups in total. The molecular formula is C30H32N6O3. The number of pyridine rings is 1. The molecule has 1 saturated heterocycles. The van der Waals surface area contributed by atoms with E-state index >= 15 is 0 Å². The van der Waals surface area contributed by atoms with Gasteiger partial charge in [-0.2, -0.15) is 5.10 Å². The molecule has 2 aromatic carbocycles. The van der Waals surface area contributed by atoms with Crippen molar-refractivity contribution in [2.24, 2.45) is 0 Å². The molecule has 39 heavy (non-hydrogen) atoms. The summed E-state index contributed by atoms with van der Waals surface area (Å²) >= 11 is 0. The summed E-state index contributed by atoms with van der Waals surface area (Å²) < 4.78 is 7.54. The normalized spacial score (nSPS) is 13.2. The van der Waals surface area contributed by atoms with E-state index in [1.165, 1.54) is 38.3 Å². The third kappa shape index (κ3) is 6.82. The zero-order valence-corrected chi connectivity index (χ0v) is 21.7. The van der Waals surface area contributed by atoms with Gasteiger partial charge in [0.2, 0.25) is 0 Å². The Kier molecular flexibility index (Phi) is 8.18. The minimum Gasteiger partial charge on any atom is -0.492 e. The largest absolute Gasteiger partial charge is 0.492 e. The van der Waals surface area contributed by atoms with Gasteiger partial charge in [0.25, 0.3) is 0 Å². The highest BCUT2D eigenvalue weighted by Crippen LogP contribution is 2.28. The van der Waals surface area contributed by atoms with Crippen molar-refractivity contribution in [2.45, 2.75) is 19.4 Å². The number of aromatic amines is 1. The van der Waals surface area contributed by atoms with Crippen molar-refractivity contribution in [1.29, 1.82) is 0 Å². The van der Waals surface area contributed by atoms with Crippen LogP contribution >= 0.6 is 0 Å². The molecule has 9 heteroatoms. The molecule has 0 bridgehead atoms. The molecule has 0 unspecified atom stereocenters. The fraction of sp³-hybridized carbons (Fsp3) is 0.233. The number of aromatic carboxylic acids is 1. The molecule has 6 rings (SSSR count). The van der Waals surface area contributed by atoms with Gasteiger partial charge in [0.15, 0.2) is 0 Å². The number of rotatable bonds is 8. The van der Waals surface area contributed by atoms with Crippen LogP contribution in [0.25, 0.3) is 22.2 Å². The zero-order chi connectivity index (χ0) is 27.0. The molecule has 0 radical (unpaired) electrons. The van der Waals surface area contributed by atoms with Crippen LogP contribution in [0.15, 0.2) is 85.5 Å². The Morgan fingerprint density at radius 1 is 1.03 bits per heavy atom. The summed E-state index contributed by atoms with van der Waals surface area (Å²) in [5.41, 5.74) is 10.9. The number of carboxylic acids is 1. The van der Waals surface area contributed by atoms with Gasteiger partial charge in [-0.3, -0.25) is 9.58 Å². The topological polar surface area (TPSA) is 122 Å². The van der Waals surface area contributed by atoms with Crippen molar-refractivity contribution in [2.75, 3.05) is 32.0 Å². The van der Waals surface area contributed by atoms with Crippen LogP contribution < -0.4 is 10.5 Å². The molecule has 0 aliphatic carbocycles. The van der Waals surface area contributed by atoms with Gasteiger partial charge in [-0.15, -0.1) is 0 Å². The first-order valence-corrected chi connectivity index (χ1v) is 13.0. The van der Waals surface area contributed by atoms with Gasteiger partial charge in [0.1, 0.15) is 18.0 Å². The first-order valence-electron chi connectivity index (χ1n) is 13.0. The minimum atomic E-state index is -0.950. The Hall–Kier alpha value is -4.63. The maximum Gasteiger partial charge on any atom is 0.338 e. The quantitative estimate of drug-likeness (QED) is 0.263. The van der Waals surface area contributed by atoms with Crippen molar-refractivity contribution in [3.05, 3.63) is 96.6 Å². The number of carbonyl (C=O) groups is 1. The predicted molar refractivity (Wildman–Crippen MR) is 152 cm³/mol. The maximum atomic E-state index is 10.6. The Bertz CT molecular complexity index is 1520. The highest BCUT2D eigenvalue weighted by molar-refractivity contribution is 5.91. The molecule has 9 nitrogen and oxygen atoms in total. The first kappa shape index (κ1) is 26.0. The van der Waals surface area contributed by atoms with Gasteiger partial charge in [-0.05, 0) is 55.3 Å². The molecule has 0 spiro atoms. The van der Waals surface area contributed by atoms with E-state index in [9.17, 15) is 4.79 Å². The molecular weight excluding hydrogens is 492 g/mol. The highest BCUT2D eigenvalue weighted by atomic mass is 16.5. The average molecular weight is 525 g/mol. The number of H-pyrrole nitrogens is 1. The van der Waals surface area contributed by atoms with Crippen molar-refractivity contribution < 1.29 is 14.6 Å². The second kappa shape index (κ2) is 12.3. The number of hydrogen-bond donors (Lipinski definition) is 3. The lowest BCUT2D eigenvalue weighted by molar-refractivity contribution is 0.0696. The summed E-state index contributed by atoms with van der Waals surface area (Å²) in [6, 6.07) is 20.0. The van der Waals surface area contributed by atoms with E-state index in [1.807, 2.05) is 48.7 Å². The van der Waals surface area contributed by atoms with E-state index in [0.717, 1.165) is 52.3 Å². The van der Waals surface area contributed by atoms with E-state index in [4.69, 9.17) is 15.6 Å². The number of ether oxygens (including phenoxy) is 1. The van der Waals surface area contributed by atoms with Crippen LogP contribution in [0.4, 0.5) is 5.69 Å². The summed E-state index contributed by atoms with van der Waals surface area (Å²) in [4.78, 5) is 20.6. The fourth-order valence-electron chi connectivity index (χ4n) is 4.58. The Morgan fingerprint density at radius 3 is 2.62 bits per heavy atom. The van der Waals surface area contributed by atoms with Gasteiger partial charge in [-0.1, -0.05) is 42.5 Å². The third-order valence-electron chi connectivity index (χ3n) is 6.67. The monoisotopic (exact) mass is 524 g/mol. The standard InChI is InChI=1S/C19H22N4O.C11H10N2O2/c20-18-13-22-19-17(18)11-15(12-21-19)14-4-3-5-16(10-14)24-9-8-23-6-1-2-7-23;14-11(15)10-6-12-13(8-10)7-9-4-2-1-3-5-9/h3-5,10-13H,1-2,6-9,20H2,(H,21,22);1-6,8H,7H2,(H,14,15). The SMILES string of the molecule is Nc1c[nH]c2ncc(-c3cccc(OCCN4CCCC4)c3)cc12.O=C(O)c1cnn(Cc2ccccc2)c1. The van der Waals surface area contributed by atoms with Crippen molar-refractivity contribution in [3.8, 4) is 16.9 Å². The third-order valence-corrected chi connectivity index (χ3v) is 6.67. The van der Waals surface area contributed by atoms with Gasteiger partial charge >= 0.3 is 5.97 Å². The van der Waals surface area contributed by atoms with Crippen LogP contribution in [0, 0.1) is 0 Å². The number of nitrogens with one attached hydrogen (secondary N) is 1. The zero-order valence-electron chi connectivity index (χ0n) is 21.7. The number of nitrogens with zero attached hydrogens (tertiary/aromatic N) is 4. The fourth-order valence-corrected chi connectivity index (χ4v) is 4.58. The van der Waals surface area contributed by atoms with Crippen molar-refractivity contribution in [1.82, 2.24) is 24.6 Å². The molecule has 0 saturated carbocycles. The second-order valence-electron chi connectivity index (χ2n) is 9.51. The number of fused-ring (bicyclic) bond motifs is 1. The second-order valence-corrected chi connectivity index (χ2v) is 9.51. The number of hydrogen-bond acceptors (Lipinski definition) is 6. The number of nitrogens with two attached hydrogens (primary N) is 1. The van der Waals surface area contributed by atoms with Crippen LogP contribution in [0.3, 0.4) is 0 Å². The van der Waals surface area contributed by atoms with Crippen LogP contribution in [0.5, 0.6) is 5.75 Å². The lowest BCUT2D eigenvalue weighted by atomic mass is 10.1. The molecule has 200 valence electrons. The van der Waals surface area contributed by atoms with Gasteiger partial charge in [0.05, 0.1) is 24.0 Å². The number of nitrogen functional groups attached to an aromatic ring is 1. The number of carboxylic acid groups (broad SMARTS) is 1. The van der Waals surface area contributed by atoms with Gasteiger partial charge in [0, 0.05) is 36.1 Å². The summed E-state index contributed by atoms with van der Waals surface area (Å²) in [7, 11) is 0. The smallest absolute Gasteiger partial charge is 0.338 e. The van der Waals surface area contributed by atoms with Gasteiger partial charge in [-0.25, -0.2) is 9.78 Å². The maximum absolute atomic E-state index is 10.6. The Balaban J connectivity index is 0.000000177. The first-order chi connectivity index (χ1) is 19.0. The number of anilines is 1. The molecule has 5 aromatic rings. The van der Waals surface area contributed by atoms with Crippen LogP contribution in [-0.2, 0) is 6.54 Å². The van der Waals surface area contributed by atoms with Crippen LogP contribution in [-0.4, -0.2) is 62.0 Å². The molecule has 4 heterocycles. The summed E-state index contributed by atoms with van der Waals surface area (Å²) in [6.07, 6.45) is 9.14. The number of aromatic nitrogens is 4. The summed E-state index contributed by atoms with van der Waals surface area (Å²) in [5.74, 6) is -0.0526. The molecule has 0 atom stereocenters. The molecule has 1 aliphatic rings. The van der Waals surface area contributed by atoms with E-state index in [1.54, 1.807) is 10.9 Å². The van der Waals surface area contributed by atoms with Crippen molar-refractivity contribution in [3.63, 3.8) is 0 Å². The average Bonchev–Trinajstić information content (AvgIpc) is 3.72. The van der Waals surface area contributed by atoms with Gasteiger partial charge < -0.3 is 20.6 Å². The Morgan fingerprint density at radius 2 is 1.85 bits per heavy atom. The minimum absolute atomic E-state index is 0.214. The lowest BCUT2D eigenvalue weighted by Crippen LogP contribution is -2.25. The van der Waals surface area contributed by atoms with Crippen LogP contribution in [0.2, 0.25) is 0 Å².